The Labute approximate surface area is 123 Å². The molecule has 0 aromatic rings. The molecule has 0 radical (unpaired) electrons. The molecule has 118 valence electrons. The summed E-state index contributed by atoms with van der Waals surface area (Å²) in [5.74, 6) is -1.56. The highest BCUT2D eigenvalue weighted by atomic mass is 32.2. The van der Waals surface area contributed by atoms with E-state index in [2.05, 4.69) is 11.3 Å². The van der Waals surface area contributed by atoms with Crippen LogP contribution in [0, 0.1) is 0 Å². The molecule has 0 aliphatic carbocycles. The van der Waals surface area contributed by atoms with Gasteiger partial charge in [0.25, 0.3) is 0 Å². The molecule has 0 aromatic heterocycles. The minimum Gasteiger partial charge on any atom is -0.750 e. The summed E-state index contributed by atoms with van der Waals surface area (Å²) in [5.41, 5.74) is -0.812. The van der Waals surface area contributed by atoms with Crippen molar-refractivity contribution in [1.82, 2.24) is 0 Å². The lowest BCUT2D eigenvalue weighted by molar-refractivity contribution is -0.165. The van der Waals surface area contributed by atoms with Crippen molar-refractivity contribution in [1.29, 1.82) is 0 Å². The fraction of sp³-hybridized carbons (Fsp3) is 0.667. The predicted octanol–water partition coefficient (Wildman–Crippen LogP) is -0.242. The maximum atomic E-state index is 11.6. The standard InChI is InChI=1S/C12H16O8S/c1-3-8(13)17-6-9(14)18-10-7-4-5-12(2,19-7)11(10)20-21(15)16/h3,7,10-11H,1,4-6H2,2H3,(H,15,16)/p-1. The van der Waals surface area contributed by atoms with Gasteiger partial charge in [0.05, 0.1) is 23.1 Å². The van der Waals surface area contributed by atoms with Crippen molar-refractivity contribution < 1.29 is 36.7 Å². The average Bonchev–Trinajstić information content (AvgIpc) is 2.92. The van der Waals surface area contributed by atoms with Crippen LogP contribution < -0.4 is 0 Å². The van der Waals surface area contributed by atoms with Crippen molar-refractivity contribution in [2.24, 2.45) is 0 Å². The van der Waals surface area contributed by atoms with Gasteiger partial charge in [-0.25, -0.2) is 13.8 Å². The third-order valence-electron chi connectivity index (χ3n) is 3.56. The first kappa shape index (κ1) is 16.1. The van der Waals surface area contributed by atoms with Crippen LogP contribution in [0.3, 0.4) is 0 Å². The molecular weight excluding hydrogens is 304 g/mol. The van der Waals surface area contributed by atoms with Crippen LogP contribution in [0.1, 0.15) is 19.8 Å². The molecule has 9 heteroatoms. The van der Waals surface area contributed by atoms with Crippen molar-refractivity contribution in [3.05, 3.63) is 12.7 Å². The molecule has 8 nitrogen and oxygen atoms in total. The highest BCUT2D eigenvalue weighted by molar-refractivity contribution is 7.74. The Bertz CT molecular complexity index is 478. The van der Waals surface area contributed by atoms with E-state index >= 15 is 0 Å². The zero-order valence-electron chi connectivity index (χ0n) is 11.3. The second-order valence-corrected chi connectivity index (χ2v) is 5.60. The van der Waals surface area contributed by atoms with Gasteiger partial charge < -0.3 is 18.8 Å². The molecule has 0 aromatic carbocycles. The van der Waals surface area contributed by atoms with Crippen molar-refractivity contribution in [3.8, 4) is 0 Å². The summed E-state index contributed by atoms with van der Waals surface area (Å²) in [6, 6.07) is 0. The van der Waals surface area contributed by atoms with Crippen LogP contribution in [0.25, 0.3) is 0 Å². The van der Waals surface area contributed by atoms with Gasteiger partial charge in [-0.15, -0.1) is 0 Å². The largest absolute Gasteiger partial charge is 0.750 e. The minimum absolute atomic E-state index is 0.428. The van der Waals surface area contributed by atoms with Gasteiger partial charge in [-0.1, -0.05) is 6.58 Å². The SMILES string of the molecule is C=CC(=O)OCC(=O)OC1C2CCC(C)(O2)C1OS(=O)[O-]. The summed E-state index contributed by atoms with van der Waals surface area (Å²) < 4.78 is 41.6. The number of hydrogen-bond acceptors (Lipinski definition) is 8. The summed E-state index contributed by atoms with van der Waals surface area (Å²) in [6.07, 6.45) is -0.0277. The molecule has 0 spiro atoms. The Morgan fingerprint density at radius 1 is 1.57 bits per heavy atom. The maximum Gasteiger partial charge on any atom is 0.344 e. The number of ether oxygens (including phenoxy) is 3. The molecule has 2 saturated heterocycles. The van der Waals surface area contributed by atoms with Crippen LogP contribution in [0.5, 0.6) is 0 Å². The van der Waals surface area contributed by atoms with Crippen LogP contribution >= 0.6 is 0 Å². The Morgan fingerprint density at radius 2 is 2.29 bits per heavy atom. The van der Waals surface area contributed by atoms with Gasteiger partial charge in [-0.3, -0.25) is 4.18 Å². The highest BCUT2D eigenvalue weighted by Gasteiger charge is 2.60. The topological polar surface area (TPSA) is 111 Å². The van der Waals surface area contributed by atoms with E-state index in [9.17, 15) is 18.4 Å². The fourth-order valence-electron chi connectivity index (χ4n) is 2.63. The van der Waals surface area contributed by atoms with E-state index in [1.807, 2.05) is 0 Å². The molecule has 0 N–H and O–H groups in total. The zero-order valence-corrected chi connectivity index (χ0v) is 12.1. The first-order chi connectivity index (χ1) is 9.85. The first-order valence-electron chi connectivity index (χ1n) is 6.28. The van der Waals surface area contributed by atoms with Gasteiger partial charge in [0.2, 0.25) is 0 Å². The molecule has 5 unspecified atom stereocenters. The van der Waals surface area contributed by atoms with Gasteiger partial charge in [0.1, 0.15) is 6.10 Å². The number of carbonyl (C=O) groups is 2. The second kappa shape index (κ2) is 6.22. The summed E-state index contributed by atoms with van der Waals surface area (Å²) in [6.45, 7) is 4.31. The lowest BCUT2D eigenvalue weighted by atomic mass is 9.85. The molecule has 2 heterocycles. The van der Waals surface area contributed by atoms with Crippen molar-refractivity contribution in [2.45, 2.75) is 43.7 Å². The summed E-state index contributed by atoms with van der Waals surface area (Å²) in [5, 5.41) is 0. The molecule has 2 aliphatic rings. The Morgan fingerprint density at radius 3 is 2.90 bits per heavy atom. The van der Waals surface area contributed by atoms with Gasteiger partial charge in [-0.05, 0) is 19.8 Å². The maximum absolute atomic E-state index is 11.6. The average molecular weight is 319 g/mol. The Kier molecular flexibility index (Phi) is 4.77. The molecule has 2 aliphatic heterocycles. The Hall–Kier alpha value is -1.29. The molecule has 5 atom stereocenters. The number of carbonyl (C=O) groups excluding carboxylic acids is 2. The van der Waals surface area contributed by atoms with E-state index in [4.69, 9.17) is 13.7 Å². The molecule has 2 bridgehead atoms. The van der Waals surface area contributed by atoms with Crippen LogP contribution in [-0.2, 0) is 39.3 Å². The number of fused-ring (bicyclic) bond motifs is 2. The molecule has 2 fully saturated rings. The molecule has 2 rings (SSSR count). The summed E-state index contributed by atoms with van der Waals surface area (Å²) in [4.78, 5) is 22.5. The summed E-state index contributed by atoms with van der Waals surface area (Å²) >= 11 is -2.75. The van der Waals surface area contributed by atoms with Crippen molar-refractivity contribution in [2.75, 3.05) is 6.61 Å². The van der Waals surface area contributed by atoms with Crippen LogP contribution in [0.2, 0.25) is 0 Å². The quantitative estimate of drug-likeness (QED) is 0.374. The number of rotatable bonds is 6. The highest BCUT2D eigenvalue weighted by Crippen LogP contribution is 2.46. The summed E-state index contributed by atoms with van der Waals surface area (Å²) in [7, 11) is 0. The molecule has 0 amide bonds. The third-order valence-corrected chi connectivity index (χ3v) is 3.93. The lowest BCUT2D eigenvalue weighted by Gasteiger charge is -2.32. The Balaban J connectivity index is 1.97. The van der Waals surface area contributed by atoms with Crippen molar-refractivity contribution in [3.63, 3.8) is 0 Å². The number of esters is 2. The van der Waals surface area contributed by atoms with E-state index in [1.54, 1.807) is 6.92 Å². The molecule has 0 saturated carbocycles. The molecule has 21 heavy (non-hydrogen) atoms. The van der Waals surface area contributed by atoms with Crippen molar-refractivity contribution >= 4 is 23.3 Å². The van der Waals surface area contributed by atoms with E-state index in [-0.39, 0.29) is 0 Å². The van der Waals surface area contributed by atoms with E-state index in [1.165, 1.54) is 0 Å². The van der Waals surface area contributed by atoms with Gasteiger partial charge in [0.15, 0.2) is 12.7 Å². The zero-order chi connectivity index (χ0) is 15.6. The van der Waals surface area contributed by atoms with Gasteiger partial charge in [0, 0.05) is 6.08 Å². The monoisotopic (exact) mass is 319 g/mol. The van der Waals surface area contributed by atoms with Crippen LogP contribution in [0.4, 0.5) is 0 Å². The fourth-order valence-corrected chi connectivity index (χ4v) is 3.11. The van der Waals surface area contributed by atoms with Gasteiger partial charge >= 0.3 is 11.9 Å². The minimum atomic E-state index is -2.75. The second-order valence-electron chi connectivity index (χ2n) is 4.99. The van der Waals surface area contributed by atoms with E-state index in [0.717, 1.165) is 6.08 Å². The molecular formula is C12H15O8S-. The van der Waals surface area contributed by atoms with E-state index in [0.29, 0.717) is 12.8 Å². The predicted molar refractivity (Wildman–Crippen MR) is 67.3 cm³/mol. The van der Waals surface area contributed by atoms with Crippen LogP contribution in [-0.4, -0.2) is 51.2 Å². The third kappa shape index (κ3) is 3.49. The first-order valence-corrected chi connectivity index (χ1v) is 7.28. The lowest BCUT2D eigenvalue weighted by Crippen LogP contribution is -2.48. The van der Waals surface area contributed by atoms with Gasteiger partial charge in [-0.2, -0.15) is 0 Å². The van der Waals surface area contributed by atoms with E-state index < -0.39 is 53.8 Å². The van der Waals surface area contributed by atoms with Crippen LogP contribution in [0.15, 0.2) is 12.7 Å². The normalized spacial score (nSPS) is 35.2. The smallest absolute Gasteiger partial charge is 0.344 e. The number of hydrogen-bond donors (Lipinski definition) is 0.